The van der Waals surface area contributed by atoms with Gasteiger partial charge in [0, 0.05) is 25.8 Å². The highest BCUT2D eigenvalue weighted by Crippen LogP contribution is 2.17. The van der Waals surface area contributed by atoms with Crippen LogP contribution in [0.2, 0.25) is 0 Å². The molecule has 0 aliphatic heterocycles. The predicted molar refractivity (Wildman–Crippen MR) is 77.6 cm³/mol. The minimum atomic E-state index is 0.607. The molecule has 2 rings (SSSR count). The highest BCUT2D eigenvalue weighted by atomic mass is 15.1. The number of anilines is 1. The van der Waals surface area contributed by atoms with Gasteiger partial charge in [-0.05, 0) is 35.7 Å². The van der Waals surface area contributed by atoms with Crippen molar-refractivity contribution in [2.24, 2.45) is 5.73 Å². The van der Waals surface area contributed by atoms with Crippen molar-refractivity contribution in [3.63, 3.8) is 0 Å². The van der Waals surface area contributed by atoms with E-state index in [4.69, 9.17) is 5.73 Å². The van der Waals surface area contributed by atoms with Gasteiger partial charge in [-0.25, -0.2) is 0 Å². The molecule has 0 bridgehead atoms. The summed E-state index contributed by atoms with van der Waals surface area (Å²) in [6, 6.07) is 16.9. The molecule has 2 nitrogen and oxygen atoms in total. The highest BCUT2D eigenvalue weighted by Gasteiger charge is 2.04. The van der Waals surface area contributed by atoms with E-state index in [1.54, 1.807) is 0 Å². The summed E-state index contributed by atoms with van der Waals surface area (Å²) in [4.78, 5) is 2.25. The van der Waals surface area contributed by atoms with Gasteiger partial charge in [0.2, 0.25) is 0 Å². The van der Waals surface area contributed by atoms with Crippen LogP contribution in [0.5, 0.6) is 0 Å². The van der Waals surface area contributed by atoms with Crippen LogP contribution >= 0.6 is 0 Å². The van der Waals surface area contributed by atoms with Crippen LogP contribution in [0.4, 0.5) is 5.69 Å². The zero-order valence-corrected chi connectivity index (χ0v) is 11.1. The first-order valence-corrected chi connectivity index (χ1v) is 6.25. The summed E-state index contributed by atoms with van der Waals surface area (Å²) >= 11 is 0. The molecular formula is C16H20N2. The minimum Gasteiger partial charge on any atom is -0.370 e. The Morgan fingerprint density at radius 2 is 1.78 bits per heavy atom. The van der Waals surface area contributed by atoms with E-state index >= 15 is 0 Å². The molecule has 0 radical (unpaired) electrons. The van der Waals surface area contributed by atoms with Gasteiger partial charge >= 0.3 is 0 Å². The lowest BCUT2D eigenvalue weighted by Gasteiger charge is -2.20. The maximum atomic E-state index is 5.65. The molecule has 2 aromatic rings. The van der Waals surface area contributed by atoms with Crippen molar-refractivity contribution in [2.45, 2.75) is 20.0 Å². The van der Waals surface area contributed by atoms with Crippen molar-refractivity contribution in [3.8, 4) is 0 Å². The molecule has 0 heterocycles. The molecule has 0 saturated carbocycles. The second-order valence-corrected chi connectivity index (χ2v) is 4.66. The molecule has 0 unspecified atom stereocenters. The Balaban J connectivity index is 2.14. The number of nitrogens with two attached hydrogens (primary N) is 1. The highest BCUT2D eigenvalue weighted by molar-refractivity contribution is 5.46. The van der Waals surface area contributed by atoms with Crippen LogP contribution in [-0.4, -0.2) is 7.05 Å². The average molecular weight is 240 g/mol. The van der Waals surface area contributed by atoms with E-state index in [1.165, 1.54) is 22.4 Å². The molecule has 0 spiro atoms. The minimum absolute atomic E-state index is 0.607. The Hall–Kier alpha value is -1.80. The van der Waals surface area contributed by atoms with Gasteiger partial charge in [0.1, 0.15) is 0 Å². The fourth-order valence-corrected chi connectivity index (χ4v) is 2.09. The zero-order chi connectivity index (χ0) is 13.0. The maximum absolute atomic E-state index is 5.65. The second kappa shape index (κ2) is 5.69. The summed E-state index contributed by atoms with van der Waals surface area (Å²) in [6.07, 6.45) is 0. The monoisotopic (exact) mass is 240 g/mol. The van der Waals surface area contributed by atoms with Gasteiger partial charge in [0.15, 0.2) is 0 Å². The van der Waals surface area contributed by atoms with E-state index in [-0.39, 0.29) is 0 Å². The summed E-state index contributed by atoms with van der Waals surface area (Å²) in [6.45, 7) is 3.67. The lowest BCUT2D eigenvalue weighted by Crippen LogP contribution is -2.17. The van der Waals surface area contributed by atoms with Crippen molar-refractivity contribution >= 4 is 5.69 Å². The van der Waals surface area contributed by atoms with E-state index in [9.17, 15) is 0 Å². The standard InChI is InChI=1S/C16H20N2/c1-13-10-14(11-17)8-9-15(13)12-18(2)16-6-4-3-5-7-16/h3-10H,11-12,17H2,1-2H3. The smallest absolute Gasteiger partial charge is 0.0428 e. The fourth-order valence-electron chi connectivity index (χ4n) is 2.09. The van der Waals surface area contributed by atoms with Crippen molar-refractivity contribution in [2.75, 3.05) is 11.9 Å². The first-order valence-electron chi connectivity index (χ1n) is 6.25. The van der Waals surface area contributed by atoms with Gasteiger partial charge in [-0.1, -0.05) is 36.4 Å². The van der Waals surface area contributed by atoms with Crippen LogP contribution in [0.1, 0.15) is 16.7 Å². The van der Waals surface area contributed by atoms with Crippen LogP contribution in [-0.2, 0) is 13.1 Å². The summed E-state index contributed by atoms with van der Waals surface area (Å²) in [7, 11) is 2.12. The molecule has 2 aromatic carbocycles. The number of aryl methyl sites for hydroxylation is 1. The van der Waals surface area contributed by atoms with Crippen molar-refractivity contribution in [1.82, 2.24) is 0 Å². The Labute approximate surface area is 109 Å². The topological polar surface area (TPSA) is 29.3 Å². The normalized spacial score (nSPS) is 10.4. The first-order chi connectivity index (χ1) is 8.70. The number of hydrogen-bond donors (Lipinski definition) is 1. The number of nitrogens with zero attached hydrogens (tertiary/aromatic N) is 1. The summed E-state index contributed by atoms with van der Waals surface area (Å²) < 4.78 is 0. The molecule has 0 fully saturated rings. The molecule has 0 atom stereocenters. The number of para-hydroxylation sites is 1. The third-order valence-corrected chi connectivity index (χ3v) is 3.25. The second-order valence-electron chi connectivity index (χ2n) is 4.66. The predicted octanol–water partition coefficient (Wildman–Crippen LogP) is 3.09. The van der Waals surface area contributed by atoms with E-state index in [0.717, 1.165) is 6.54 Å². The maximum Gasteiger partial charge on any atom is 0.0428 e. The Morgan fingerprint density at radius 1 is 1.06 bits per heavy atom. The van der Waals surface area contributed by atoms with Crippen molar-refractivity contribution < 1.29 is 0 Å². The average Bonchev–Trinajstić information content (AvgIpc) is 2.42. The third-order valence-electron chi connectivity index (χ3n) is 3.25. The van der Waals surface area contributed by atoms with Gasteiger partial charge in [-0.15, -0.1) is 0 Å². The zero-order valence-electron chi connectivity index (χ0n) is 11.1. The van der Waals surface area contributed by atoms with Gasteiger partial charge in [-0.2, -0.15) is 0 Å². The summed E-state index contributed by atoms with van der Waals surface area (Å²) in [5.74, 6) is 0. The van der Waals surface area contributed by atoms with E-state index in [2.05, 4.69) is 61.3 Å². The fraction of sp³-hybridized carbons (Fsp3) is 0.250. The molecule has 2 N–H and O–H groups in total. The molecule has 0 aromatic heterocycles. The van der Waals surface area contributed by atoms with E-state index < -0.39 is 0 Å². The molecule has 18 heavy (non-hydrogen) atoms. The molecule has 2 heteroatoms. The quantitative estimate of drug-likeness (QED) is 0.889. The van der Waals surface area contributed by atoms with Gasteiger partial charge in [0.25, 0.3) is 0 Å². The lowest BCUT2D eigenvalue weighted by atomic mass is 10.0. The Bertz CT molecular complexity index is 506. The van der Waals surface area contributed by atoms with Gasteiger partial charge < -0.3 is 10.6 Å². The SMILES string of the molecule is Cc1cc(CN)ccc1CN(C)c1ccccc1. The van der Waals surface area contributed by atoms with Gasteiger partial charge in [-0.3, -0.25) is 0 Å². The molecule has 94 valence electrons. The van der Waals surface area contributed by atoms with Crippen molar-refractivity contribution in [1.29, 1.82) is 0 Å². The third kappa shape index (κ3) is 2.90. The van der Waals surface area contributed by atoms with E-state index in [0.29, 0.717) is 6.54 Å². The number of rotatable bonds is 4. The first kappa shape index (κ1) is 12.7. The molecule has 0 saturated heterocycles. The lowest BCUT2D eigenvalue weighted by molar-refractivity contribution is 0.910. The molecule has 0 amide bonds. The van der Waals surface area contributed by atoms with E-state index in [1.807, 2.05) is 6.07 Å². The number of benzene rings is 2. The Kier molecular flexibility index (Phi) is 4.00. The summed E-state index contributed by atoms with van der Waals surface area (Å²) in [5, 5.41) is 0. The van der Waals surface area contributed by atoms with Crippen LogP contribution in [0.3, 0.4) is 0 Å². The van der Waals surface area contributed by atoms with Crippen LogP contribution < -0.4 is 10.6 Å². The van der Waals surface area contributed by atoms with Crippen molar-refractivity contribution in [3.05, 3.63) is 65.2 Å². The van der Waals surface area contributed by atoms with Crippen LogP contribution in [0.25, 0.3) is 0 Å². The molecule has 0 aliphatic carbocycles. The van der Waals surface area contributed by atoms with Gasteiger partial charge in [0.05, 0.1) is 0 Å². The van der Waals surface area contributed by atoms with Crippen LogP contribution in [0, 0.1) is 6.92 Å². The molecular weight excluding hydrogens is 220 g/mol. The Morgan fingerprint density at radius 3 is 2.39 bits per heavy atom. The number of hydrogen-bond acceptors (Lipinski definition) is 2. The van der Waals surface area contributed by atoms with Crippen LogP contribution in [0.15, 0.2) is 48.5 Å². The largest absolute Gasteiger partial charge is 0.370 e. The summed E-state index contributed by atoms with van der Waals surface area (Å²) in [5.41, 5.74) is 10.7. The molecule has 0 aliphatic rings.